The van der Waals surface area contributed by atoms with Gasteiger partial charge in [-0.25, -0.2) is 17.2 Å². The van der Waals surface area contributed by atoms with Crippen LogP contribution in [0.3, 0.4) is 0 Å². The molecule has 1 N–H and O–H groups in total. The summed E-state index contributed by atoms with van der Waals surface area (Å²) in [4.78, 5) is 10.6. The number of aliphatic carboxylic acids is 1. The minimum Gasteiger partial charge on any atom is -0.480 e. The van der Waals surface area contributed by atoms with Gasteiger partial charge in [-0.2, -0.15) is 0 Å². The minimum atomic E-state index is -4.48. The van der Waals surface area contributed by atoms with E-state index in [4.69, 9.17) is 28.3 Å². The zero-order valence-electron chi connectivity index (χ0n) is 11.7. The van der Waals surface area contributed by atoms with Crippen LogP contribution < -0.4 is 4.31 Å². The number of hydrogen-bond donors (Lipinski definition) is 1. The zero-order chi connectivity index (χ0) is 18.1. The van der Waals surface area contributed by atoms with E-state index in [1.54, 1.807) is 0 Å². The van der Waals surface area contributed by atoms with Crippen LogP contribution in [0.25, 0.3) is 0 Å². The summed E-state index contributed by atoms with van der Waals surface area (Å²) in [7, 11) is -4.48. The Hall–Kier alpha value is -1.90. The Labute approximate surface area is 146 Å². The van der Waals surface area contributed by atoms with E-state index >= 15 is 0 Å². The van der Waals surface area contributed by atoms with Crippen molar-refractivity contribution in [3.8, 4) is 0 Å². The summed E-state index contributed by atoms with van der Waals surface area (Å²) in [5.74, 6) is -3.68. The Morgan fingerprint density at radius 1 is 1.08 bits per heavy atom. The molecule has 0 radical (unpaired) electrons. The summed E-state index contributed by atoms with van der Waals surface area (Å²) in [6.45, 7) is -1.06. The van der Waals surface area contributed by atoms with E-state index in [1.807, 2.05) is 0 Å². The molecular formula is C14H9Cl2F2NO4S. The Kier molecular flexibility index (Phi) is 5.32. The second-order valence-electron chi connectivity index (χ2n) is 4.58. The van der Waals surface area contributed by atoms with Crippen LogP contribution in [-0.4, -0.2) is 26.0 Å². The first-order valence-electron chi connectivity index (χ1n) is 6.27. The number of carboxylic acid groups (broad SMARTS) is 1. The topological polar surface area (TPSA) is 74.7 Å². The number of rotatable bonds is 5. The van der Waals surface area contributed by atoms with Gasteiger partial charge in [-0.05, 0) is 30.3 Å². The molecule has 0 aliphatic heterocycles. The van der Waals surface area contributed by atoms with Crippen molar-refractivity contribution in [2.45, 2.75) is 4.90 Å². The average molecular weight is 396 g/mol. The molecule has 0 aliphatic rings. The standard InChI is InChI=1S/C14H9Cl2F2NO4S/c15-10-3-2-9(6-11(10)16)24(22,23)19(7-14(20)21)13-4-1-8(17)5-12(13)18/h1-6H,7H2,(H,20,21). The number of sulfonamides is 1. The van der Waals surface area contributed by atoms with Crippen molar-refractivity contribution in [2.24, 2.45) is 0 Å². The zero-order valence-corrected chi connectivity index (χ0v) is 14.0. The SMILES string of the molecule is O=C(O)CN(c1ccc(F)cc1F)S(=O)(=O)c1ccc(Cl)c(Cl)c1. The number of carboxylic acids is 1. The maximum atomic E-state index is 14.0. The molecule has 10 heteroatoms. The van der Waals surface area contributed by atoms with Crippen LogP contribution in [0, 0.1) is 11.6 Å². The van der Waals surface area contributed by atoms with Gasteiger partial charge in [0.25, 0.3) is 10.0 Å². The van der Waals surface area contributed by atoms with E-state index in [2.05, 4.69) is 0 Å². The monoisotopic (exact) mass is 395 g/mol. The molecule has 5 nitrogen and oxygen atoms in total. The number of nitrogens with zero attached hydrogens (tertiary/aromatic N) is 1. The lowest BCUT2D eigenvalue weighted by Crippen LogP contribution is -2.36. The first-order valence-corrected chi connectivity index (χ1v) is 8.47. The van der Waals surface area contributed by atoms with Gasteiger partial charge in [-0.1, -0.05) is 23.2 Å². The highest BCUT2D eigenvalue weighted by atomic mass is 35.5. The maximum Gasteiger partial charge on any atom is 0.324 e. The molecule has 0 fully saturated rings. The quantitative estimate of drug-likeness (QED) is 0.839. The lowest BCUT2D eigenvalue weighted by atomic mass is 10.3. The normalized spacial score (nSPS) is 11.3. The smallest absolute Gasteiger partial charge is 0.324 e. The summed E-state index contributed by atoms with van der Waals surface area (Å²) in [5, 5.41) is 8.96. The van der Waals surface area contributed by atoms with Gasteiger partial charge < -0.3 is 5.11 Å². The van der Waals surface area contributed by atoms with Crippen molar-refractivity contribution in [3.63, 3.8) is 0 Å². The van der Waals surface area contributed by atoms with Gasteiger partial charge in [0.05, 0.1) is 20.6 Å². The predicted molar refractivity (Wildman–Crippen MR) is 85.0 cm³/mol. The number of carbonyl (C=O) groups is 1. The van der Waals surface area contributed by atoms with E-state index in [-0.39, 0.29) is 14.9 Å². The van der Waals surface area contributed by atoms with Crippen LogP contribution in [0.4, 0.5) is 14.5 Å². The first-order chi connectivity index (χ1) is 11.1. The molecule has 0 heterocycles. The van der Waals surface area contributed by atoms with Gasteiger partial charge in [-0.15, -0.1) is 0 Å². The molecule has 0 atom stereocenters. The molecular weight excluding hydrogens is 387 g/mol. The van der Waals surface area contributed by atoms with Gasteiger partial charge in [0, 0.05) is 6.07 Å². The van der Waals surface area contributed by atoms with Crippen molar-refractivity contribution in [2.75, 3.05) is 10.8 Å². The second kappa shape index (κ2) is 6.92. The minimum absolute atomic E-state index is 0.0763. The van der Waals surface area contributed by atoms with Crippen molar-refractivity contribution in [1.29, 1.82) is 0 Å². The third-order valence-electron chi connectivity index (χ3n) is 2.94. The number of anilines is 1. The van der Waals surface area contributed by atoms with Crippen LogP contribution in [-0.2, 0) is 14.8 Å². The summed E-state index contributed by atoms with van der Waals surface area (Å²) in [6.07, 6.45) is 0. The highest BCUT2D eigenvalue weighted by Gasteiger charge is 2.29. The van der Waals surface area contributed by atoms with Gasteiger partial charge in [0.15, 0.2) is 0 Å². The Morgan fingerprint density at radius 3 is 2.29 bits per heavy atom. The fraction of sp³-hybridized carbons (Fsp3) is 0.0714. The lowest BCUT2D eigenvalue weighted by molar-refractivity contribution is -0.135. The molecule has 0 aliphatic carbocycles. The van der Waals surface area contributed by atoms with Crippen molar-refractivity contribution in [3.05, 3.63) is 58.1 Å². The molecule has 0 saturated heterocycles. The molecule has 0 aromatic heterocycles. The van der Waals surface area contributed by atoms with Crippen molar-refractivity contribution >= 4 is 44.9 Å². The number of benzene rings is 2. The molecule has 0 saturated carbocycles. The second-order valence-corrected chi connectivity index (χ2v) is 7.25. The molecule has 2 rings (SSSR count). The van der Waals surface area contributed by atoms with Gasteiger partial charge in [-0.3, -0.25) is 9.10 Å². The number of halogens is 4. The van der Waals surface area contributed by atoms with Crippen molar-refractivity contribution < 1.29 is 27.1 Å². The van der Waals surface area contributed by atoms with Gasteiger partial charge >= 0.3 is 5.97 Å². The molecule has 2 aromatic carbocycles. The Bertz CT molecular complexity index is 906. The first kappa shape index (κ1) is 18.4. The van der Waals surface area contributed by atoms with Gasteiger partial charge in [0.2, 0.25) is 0 Å². The lowest BCUT2D eigenvalue weighted by Gasteiger charge is -2.23. The van der Waals surface area contributed by atoms with E-state index in [9.17, 15) is 22.0 Å². The Morgan fingerprint density at radius 2 is 1.75 bits per heavy atom. The molecule has 0 unspecified atom stereocenters. The third kappa shape index (κ3) is 3.77. The molecule has 2 aromatic rings. The highest BCUT2D eigenvalue weighted by molar-refractivity contribution is 7.92. The van der Waals surface area contributed by atoms with E-state index < -0.39 is 39.9 Å². The third-order valence-corrected chi connectivity index (χ3v) is 5.43. The fourth-order valence-corrected chi connectivity index (χ4v) is 3.68. The van der Waals surface area contributed by atoms with Crippen LogP contribution in [0.5, 0.6) is 0 Å². The average Bonchev–Trinajstić information content (AvgIpc) is 2.48. The van der Waals surface area contributed by atoms with Crippen LogP contribution >= 0.6 is 23.2 Å². The molecule has 128 valence electrons. The van der Waals surface area contributed by atoms with Crippen LogP contribution in [0.1, 0.15) is 0 Å². The molecule has 0 amide bonds. The van der Waals surface area contributed by atoms with Crippen molar-refractivity contribution in [1.82, 2.24) is 0 Å². The molecule has 24 heavy (non-hydrogen) atoms. The van der Waals surface area contributed by atoms with E-state index in [0.29, 0.717) is 10.4 Å². The Balaban J connectivity index is 2.61. The van der Waals surface area contributed by atoms with Crippen LogP contribution in [0.2, 0.25) is 10.0 Å². The molecule has 0 spiro atoms. The van der Waals surface area contributed by atoms with E-state index in [1.165, 1.54) is 6.07 Å². The van der Waals surface area contributed by atoms with Gasteiger partial charge in [0.1, 0.15) is 18.2 Å². The predicted octanol–water partition coefficient (Wildman–Crippen LogP) is 3.55. The summed E-state index contributed by atoms with van der Waals surface area (Å²) in [5.41, 5.74) is -0.607. The molecule has 0 bridgehead atoms. The maximum absolute atomic E-state index is 14.0. The highest BCUT2D eigenvalue weighted by Crippen LogP contribution is 2.30. The summed E-state index contributed by atoms with van der Waals surface area (Å²) >= 11 is 11.5. The van der Waals surface area contributed by atoms with Crippen LogP contribution in [0.15, 0.2) is 41.3 Å². The fourth-order valence-electron chi connectivity index (χ4n) is 1.87. The largest absolute Gasteiger partial charge is 0.480 e. The summed E-state index contributed by atoms with van der Waals surface area (Å²) < 4.78 is 52.6. The summed E-state index contributed by atoms with van der Waals surface area (Å²) in [6, 6.07) is 5.42. The van der Waals surface area contributed by atoms with E-state index in [0.717, 1.165) is 24.3 Å². The number of hydrogen-bond acceptors (Lipinski definition) is 3.